The lowest BCUT2D eigenvalue weighted by molar-refractivity contribution is -0.117. The topological polar surface area (TPSA) is 49.4 Å². The number of benzene rings is 2. The molecule has 0 unspecified atom stereocenters. The van der Waals surface area contributed by atoms with Crippen LogP contribution in [0.1, 0.15) is 35.7 Å². The molecule has 118 valence electrons. The van der Waals surface area contributed by atoms with E-state index >= 15 is 0 Å². The van der Waals surface area contributed by atoms with Crippen molar-refractivity contribution in [1.29, 1.82) is 0 Å². The molecule has 0 radical (unpaired) electrons. The monoisotopic (exact) mass is 308 g/mol. The molecule has 1 N–H and O–H groups in total. The largest absolute Gasteiger partial charge is 0.322 e. The molecular formula is C19H20N2O2. The van der Waals surface area contributed by atoms with E-state index in [1.165, 1.54) is 5.56 Å². The van der Waals surface area contributed by atoms with Gasteiger partial charge >= 0.3 is 0 Å². The number of nitrogens with one attached hydrogen (secondary N) is 1. The molecule has 23 heavy (non-hydrogen) atoms. The molecule has 1 aliphatic heterocycles. The molecule has 1 heterocycles. The van der Waals surface area contributed by atoms with Crippen molar-refractivity contribution in [3.05, 3.63) is 59.7 Å². The molecule has 0 atom stereocenters. The summed E-state index contributed by atoms with van der Waals surface area (Å²) in [4.78, 5) is 25.8. The first-order valence-electron chi connectivity index (χ1n) is 7.98. The highest BCUT2D eigenvalue weighted by atomic mass is 16.2. The van der Waals surface area contributed by atoms with Crippen molar-refractivity contribution >= 4 is 23.2 Å². The summed E-state index contributed by atoms with van der Waals surface area (Å²) >= 11 is 0. The van der Waals surface area contributed by atoms with Crippen LogP contribution in [0.3, 0.4) is 0 Å². The van der Waals surface area contributed by atoms with Gasteiger partial charge in [-0.05, 0) is 54.8 Å². The van der Waals surface area contributed by atoms with Crippen LogP contribution < -0.4 is 10.2 Å². The minimum atomic E-state index is -0.141. The number of hydrogen-bond donors (Lipinski definition) is 1. The molecule has 1 aliphatic rings. The maximum atomic E-state index is 12.3. The van der Waals surface area contributed by atoms with E-state index in [1.807, 2.05) is 36.4 Å². The summed E-state index contributed by atoms with van der Waals surface area (Å²) in [5.41, 5.74) is 3.43. The fraction of sp³-hybridized carbons (Fsp3) is 0.263. The van der Waals surface area contributed by atoms with Gasteiger partial charge in [0.25, 0.3) is 5.91 Å². The summed E-state index contributed by atoms with van der Waals surface area (Å²) in [7, 11) is 0. The number of carbonyl (C=O) groups excluding carboxylic acids is 2. The van der Waals surface area contributed by atoms with Crippen molar-refractivity contribution in [2.75, 3.05) is 16.8 Å². The van der Waals surface area contributed by atoms with Crippen LogP contribution in [0.5, 0.6) is 0 Å². The highest BCUT2D eigenvalue weighted by Crippen LogP contribution is 2.22. The van der Waals surface area contributed by atoms with Gasteiger partial charge in [-0.1, -0.05) is 19.1 Å². The first-order chi connectivity index (χ1) is 11.2. The van der Waals surface area contributed by atoms with Gasteiger partial charge in [0.05, 0.1) is 0 Å². The van der Waals surface area contributed by atoms with E-state index in [0.29, 0.717) is 12.0 Å². The average Bonchev–Trinajstić information content (AvgIpc) is 3.01. The summed E-state index contributed by atoms with van der Waals surface area (Å²) in [5.74, 6) is 0.0103. The van der Waals surface area contributed by atoms with Crippen LogP contribution in [0.4, 0.5) is 11.4 Å². The molecule has 3 rings (SSSR count). The number of aryl methyl sites for hydroxylation is 1. The highest BCUT2D eigenvalue weighted by Gasteiger charge is 2.21. The van der Waals surface area contributed by atoms with Gasteiger partial charge in [-0.25, -0.2) is 0 Å². The van der Waals surface area contributed by atoms with Crippen LogP contribution in [0.2, 0.25) is 0 Å². The average molecular weight is 308 g/mol. The fourth-order valence-electron chi connectivity index (χ4n) is 2.79. The lowest BCUT2D eigenvalue weighted by atomic mass is 10.1. The van der Waals surface area contributed by atoms with E-state index in [1.54, 1.807) is 17.0 Å². The molecule has 0 aliphatic carbocycles. The second kappa shape index (κ2) is 6.65. The summed E-state index contributed by atoms with van der Waals surface area (Å²) in [6.45, 7) is 2.84. The predicted octanol–water partition coefficient (Wildman–Crippen LogP) is 3.63. The lowest BCUT2D eigenvalue weighted by Gasteiger charge is -2.15. The van der Waals surface area contributed by atoms with Crippen molar-refractivity contribution in [2.24, 2.45) is 0 Å². The van der Waals surface area contributed by atoms with Crippen molar-refractivity contribution in [2.45, 2.75) is 26.2 Å². The van der Waals surface area contributed by atoms with E-state index in [0.717, 1.165) is 30.8 Å². The Hall–Kier alpha value is -2.62. The van der Waals surface area contributed by atoms with E-state index in [2.05, 4.69) is 12.2 Å². The Morgan fingerprint density at radius 2 is 1.96 bits per heavy atom. The first kappa shape index (κ1) is 15.3. The maximum Gasteiger partial charge on any atom is 0.255 e. The zero-order valence-electron chi connectivity index (χ0n) is 13.2. The minimum Gasteiger partial charge on any atom is -0.322 e. The lowest BCUT2D eigenvalue weighted by Crippen LogP contribution is -2.23. The molecule has 2 aromatic carbocycles. The molecule has 2 aromatic rings. The van der Waals surface area contributed by atoms with Crippen LogP contribution in [-0.4, -0.2) is 18.4 Å². The normalized spacial score (nSPS) is 14.1. The molecule has 4 nitrogen and oxygen atoms in total. The van der Waals surface area contributed by atoms with Crippen LogP contribution in [0.15, 0.2) is 48.5 Å². The predicted molar refractivity (Wildman–Crippen MR) is 91.8 cm³/mol. The van der Waals surface area contributed by atoms with Crippen molar-refractivity contribution in [3.63, 3.8) is 0 Å². The Balaban J connectivity index is 1.71. The molecule has 0 spiro atoms. The van der Waals surface area contributed by atoms with Crippen LogP contribution in [-0.2, 0) is 11.2 Å². The van der Waals surface area contributed by atoms with E-state index in [9.17, 15) is 9.59 Å². The van der Waals surface area contributed by atoms with Gasteiger partial charge < -0.3 is 10.2 Å². The smallest absolute Gasteiger partial charge is 0.255 e. The number of rotatable bonds is 4. The Labute approximate surface area is 136 Å². The summed E-state index contributed by atoms with van der Waals surface area (Å²) in [6, 6.07) is 15.0. The third-order valence-corrected chi connectivity index (χ3v) is 4.11. The highest BCUT2D eigenvalue weighted by molar-refractivity contribution is 6.04. The molecule has 1 saturated heterocycles. The van der Waals surface area contributed by atoms with Crippen LogP contribution >= 0.6 is 0 Å². The SMILES string of the molecule is CCc1cccc(NC(=O)c2ccc(N3CCCC3=O)cc2)c1. The van der Waals surface area contributed by atoms with Crippen molar-refractivity contribution in [3.8, 4) is 0 Å². The van der Waals surface area contributed by atoms with Gasteiger partial charge in [0, 0.05) is 29.9 Å². The minimum absolute atomic E-state index is 0.141. The number of amides is 2. The number of hydrogen-bond acceptors (Lipinski definition) is 2. The van der Waals surface area contributed by atoms with Gasteiger partial charge in [0.15, 0.2) is 0 Å². The molecule has 4 heteroatoms. The molecule has 0 saturated carbocycles. The second-order valence-corrected chi connectivity index (χ2v) is 5.70. The number of carbonyl (C=O) groups is 2. The van der Waals surface area contributed by atoms with Gasteiger partial charge in [0.1, 0.15) is 0 Å². The molecule has 1 fully saturated rings. The molecular weight excluding hydrogens is 288 g/mol. The summed E-state index contributed by atoms with van der Waals surface area (Å²) in [6.07, 6.45) is 2.44. The second-order valence-electron chi connectivity index (χ2n) is 5.70. The molecule has 0 bridgehead atoms. The van der Waals surface area contributed by atoms with Crippen molar-refractivity contribution < 1.29 is 9.59 Å². The zero-order chi connectivity index (χ0) is 16.2. The molecule has 2 amide bonds. The fourth-order valence-corrected chi connectivity index (χ4v) is 2.79. The van der Waals surface area contributed by atoms with E-state index < -0.39 is 0 Å². The van der Waals surface area contributed by atoms with Crippen molar-refractivity contribution in [1.82, 2.24) is 0 Å². The third-order valence-electron chi connectivity index (χ3n) is 4.11. The molecule has 0 aromatic heterocycles. The Morgan fingerprint density at radius 3 is 2.61 bits per heavy atom. The Kier molecular flexibility index (Phi) is 4.42. The standard InChI is InChI=1S/C19H20N2O2/c1-2-14-5-3-6-16(13-14)20-19(23)15-8-10-17(11-9-15)21-12-4-7-18(21)22/h3,5-6,8-11,13H,2,4,7,12H2,1H3,(H,20,23). The van der Waals surface area contributed by atoms with Gasteiger partial charge in [-0.2, -0.15) is 0 Å². The van der Waals surface area contributed by atoms with Crippen LogP contribution in [0.25, 0.3) is 0 Å². The van der Waals surface area contributed by atoms with Gasteiger partial charge in [-0.3, -0.25) is 9.59 Å². The van der Waals surface area contributed by atoms with E-state index in [4.69, 9.17) is 0 Å². The number of nitrogens with zero attached hydrogens (tertiary/aromatic N) is 1. The number of anilines is 2. The maximum absolute atomic E-state index is 12.3. The summed E-state index contributed by atoms with van der Waals surface area (Å²) < 4.78 is 0. The third kappa shape index (κ3) is 3.42. The van der Waals surface area contributed by atoms with E-state index in [-0.39, 0.29) is 11.8 Å². The zero-order valence-corrected chi connectivity index (χ0v) is 13.2. The quantitative estimate of drug-likeness (QED) is 0.937. The Morgan fingerprint density at radius 1 is 1.17 bits per heavy atom. The Bertz CT molecular complexity index is 722. The van der Waals surface area contributed by atoms with Crippen LogP contribution in [0, 0.1) is 0 Å². The first-order valence-corrected chi connectivity index (χ1v) is 7.98. The van der Waals surface area contributed by atoms with Gasteiger partial charge in [-0.15, -0.1) is 0 Å². The van der Waals surface area contributed by atoms with Gasteiger partial charge in [0.2, 0.25) is 5.91 Å². The summed E-state index contributed by atoms with van der Waals surface area (Å²) in [5, 5.41) is 2.91.